The summed E-state index contributed by atoms with van der Waals surface area (Å²) in [6.07, 6.45) is 2.03. The average Bonchev–Trinajstić information content (AvgIpc) is 3.52. The Bertz CT molecular complexity index is 1640. The third-order valence-electron chi connectivity index (χ3n) is 7.09. The Morgan fingerprint density at radius 2 is 1.85 bits per heavy atom. The van der Waals surface area contributed by atoms with Gasteiger partial charge in [0.1, 0.15) is 11.6 Å². The number of hydrogen-bond donors (Lipinski definition) is 1. The van der Waals surface area contributed by atoms with E-state index in [2.05, 4.69) is 16.0 Å². The van der Waals surface area contributed by atoms with Crippen molar-refractivity contribution in [3.05, 3.63) is 130 Å². The van der Waals surface area contributed by atoms with Crippen molar-refractivity contribution in [1.82, 2.24) is 24.6 Å². The lowest BCUT2D eigenvalue weighted by molar-refractivity contribution is 0.180. The minimum atomic E-state index is -0.375. The molecule has 8 heteroatoms. The maximum atomic E-state index is 14.0. The van der Waals surface area contributed by atoms with E-state index in [0.29, 0.717) is 18.1 Å². The van der Waals surface area contributed by atoms with Crippen LogP contribution in [-0.4, -0.2) is 32.4 Å². The van der Waals surface area contributed by atoms with Crippen LogP contribution in [0.2, 0.25) is 5.02 Å². The highest BCUT2D eigenvalue weighted by molar-refractivity contribution is 6.30. The zero-order chi connectivity index (χ0) is 26.9. The van der Waals surface area contributed by atoms with Gasteiger partial charge in [0.15, 0.2) is 0 Å². The number of para-hydroxylation sites is 1. The maximum absolute atomic E-state index is 14.0. The van der Waals surface area contributed by atoms with E-state index in [-0.39, 0.29) is 12.1 Å². The van der Waals surface area contributed by atoms with Gasteiger partial charge in [-0.1, -0.05) is 54.1 Å². The molecule has 2 aromatic heterocycles. The van der Waals surface area contributed by atoms with E-state index < -0.39 is 0 Å². The second-order valence-electron chi connectivity index (χ2n) is 9.53. The first kappa shape index (κ1) is 24.8. The zero-order valence-electron chi connectivity index (χ0n) is 21.7. The maximum Gasteiger partial charge on any atom is 0.318 e. The molecular formula is C31H28ClN5O2. The van der Waals surface area contributed by atoms with E-state index in [0.717, 1.165) is 45.3 Å². The van der Waals surface area contributed by atoms with Crippen molar-refractivity contribution in [3.63, 3.8) is 0 Å². The molecule has 0 aliphatic carbocycles. The SMILES string of the molecule is COc1cccc(CNC(=O)N2Cc3c(C)nn(-c4ccccc4)c3-n3cccc3C2c2cccc(Cl)c2)c1. The van der Waals surface area contributed by atoms with Crippen LogP contribution in [0.1, 0.15) is 34.1 Å². The average molecular weight is 538 g/mol. The molecule has 1 unspecified atom stereocenters. The fourth-order valence-corrected chi connectivity index (χ4v) is 5.44. The van der Waals surface area contributed by atoms with E-state index in [9.17, 15) is 4.79 Å². The minimum absolute atomic E-state index is 0.185. The number of carbonyl (C=O) groups excluding carboxylic acids is 1. The summed E-state index contributed by atoms with van der Waals surface area (Å²) < 4.78 is 9.46. The molecule has 3 aromatic carbocycles. The molecule has 5 aromatic rings. The molecule has 7 nitrogen and oxygen atoms in total. The van der Waals surface area contributed by atoms with Gasteiger partial charge < -0.3 is 19.5 Å². The number of halogens is 1. The zero-order valence-corrected chi connectivity index (χ0v) is 22.5. The van der Waals surface area contributed by atoms with Crippen LogP contribution in [0.4, 0.5) is 4.79 Å². The standard InChI is InChI=1S/C31H28ClN5O2/c1-21-27-20-36(31(38)33-19-22-9-6-14-26(17-22)39-2)29(23-10-7-11-24(32)18-23)28-15-8-16-35(28)30(27)37(34-21)25-12-4-3-5-13-25/h3-18,29H,19-20H2,1-2H3,(H,33,38). The molecule has 6 rings (SSSR count). The predicted molar refractivity (Wildman–Crippen MR) is 152 cm³/mol. The van der Waals surface area contributed by atoms with Gasteiger partial charge in [-0.3, -0.25) is 0 Å². The first-order valence-corrected chi connectivity index (χ1v) is 13.2. The molecular weight excluding hydrogens is 510 g/mol. The van der Waals surface area contributed by atoms with Crippen molar-refractivity contribution in [3.8, 4) is 17.3 Å². The summed E-state index contributed by atoms with van der Waals surface area (Å²) in [5.41, 5.74) is 5.64. The van der Waals surface area contributed by atoms with Gasteiger partial charge in [-0.05, 0) is 66.6 Å². The number of aromatic nitrogens is 3. The van der Waals surface area contributed by atoms with Gasteiger partial charge >= 0.3 is 6.03 Å². The van der Waals surface area contributed by atoms with E-state index in [4.69, 9.17) is 21.4 Å². The van der Waals surface area contributed by atoms with Crippen LogP contribution in [0.5, 0.6) is 5.75 Å². The van der Waals surface area contributed by atoms with Gasteiger partial charge in [0.05, 0.1) is 36.8 Å². The van der Waals surface area contributed by atoms with Crippen molar-refractivity contribution >= 4 is 17.6 Å². The number of nitrogens with one attached hydrogen (secondary N) is 1. The Kier molecular flexibility index (Phi) is 6.59. The Morgan fingerprint density at radius 1 is 1.03 bits per heavy atom. The second-order valence-corrected chi connectivity index (χ2v) is 9.97. The van der Waals surface area contributed by atoms with Gasteiger partial charge in [-0.15, -0.1) is 0 Å². The third kappa shape index (κ3) is 4.66. The predicted octanol–water partition coefficient (Wildman–Crippen LogP) is 6.45. The van der Waals surface area contributed by atoms with Crippen LogP contribution >= 0.6 is 11.6 Å². The molecule has 0 radical (unpaired) electrons. The molecule has 0 saturated carbocycles. The van der Waals surface area contributed by atoms with E-state index in [1.54, 1.807) is 7.11 Å². The largest absolute Gasteiger partial charge is 0.497 e. The highest BCUT2D eigenvalue weighted by Crippen LogP contribution is 2.39. The summed E-state index contributed by atoms with van der Waals surface area (Å²) >= 11 is 6.45. The Balaban J connectivity index is 1.46. The van der Waals surface area contributed by atoms with Crippen molar-refractivity contribution in [2.24, 2.45) is 0 Å². The molecule has 1 N–H and O–H groups in total. The van der Waals surface area contributed by atoms with Gasteiger partial charge in [0.2, 0.25) is 0 Å². The lowest BCUT2D eigenvalue weighted by Gasteiger charge is -2.31. The molecule has 3 heterocycles. The number of methoxy groups -OCH3 is 1. The number of nitrogens with zero attached hydrogens (tertiary/aromatic N) is 4. The Hall–Kier alpha value is -4.49. The highest BCUT2D eigenvalue weighted by Gasteiger charge is 2.36. The highest BCUT2D eigenvalue weighted by atomic mass is 35.5. The molecule has 0 fully saturated rings. The molecule has 0 saturated heterocycles. The van der Waals surface area contributed by atoms with Crippen LogP contribution in [-0.2, 0) is 13.1 Å². The van der Waals surface area contributed by atoms with Crippen LogP contribution < -0.4 is 10.1 Å². The molecule has 0 spiro atoms. The van der Waals surface area contributed by atoms with Crippen LogP contribution in [0.3, 0.4) is 0 Å². The number of carbonyl (C=O) groups is 1. The number of hydrogen-bond acceptors (Lipinski definition) is 3. The summed E-state index contributed by atoms with van der Waals surface area (Å²) in [5.74, 6) is 1.67. The van der Waals surface area contributed by atoms with E-state index in [1.807, 2.05) is 108 Å². The normalized spacial score (nSPS) is 14.3. The molecule has 196 valence electrons. The van der Waals surface area contributed by atoms with Gasteiger partial charge in [0, 0.05) is 23.3 Å². The Morgan fingerprint density at radius 3 is 2.64 bits per heavy atom. The van der Waals surface area contributed by atoms with Gasteiger partial charge in [-0.25, -0.2) is 9.48 Å². The number of aryl methyl sites for hydroxylation is 1. The fourth-order valence-electron chi connectivity index (χ4n) is 5.24. The monoisotopic (exact) mass is 537 g/mol. The summed E-state index contributed by atoms with van der Waals surface area (Å²) in [4.78, 5) is 15.9. The molecule has 2 amide bonds. The van der Waals surface area contributed by atoms with Crippen LogP contribution in [0.15, 0.2) is 97.2 Å². The first-order valence-electron chi connectivity index (χ1n) is 12.8. The van der Waals surface area contributed by atoms with Crippen LogP contribution in [0, 0.1) is 6.92 Å². The molecule has 1 atom stereocenters. The molecule has 39 heavy (non-hydrogen) atoms. The third-order valence-corrected chi connectivity index (χ3v) is 7.33. The number of ether oxygens (including phenoxy) is 1. The van der Waals surface area contributed by atoms with Crippen molar-refractivity contribution in [2.75, 3.05) is 7.11 Å². The lowest BCUT2D eigenvalue weighted by atomic mass is 10.0. The van der Waals surface area contributed by atoms with E-state index in [1.165, 1.54) is 0 Å². The van der Waals surface area contributed by atoms with Gasteiger partial charge in [-0.2, -0.15) is 5.10 Å². The fraction of sp³-hybridized carbons (Fsp3) is 0.161. The number of fused-ring (bicyclic) bond motifs is 3. The van der Waals surface area contributed by atoms with Crippen LogP contribution in [0.25, 0.3) is 11.5 Å². The number of benzene rings is 3. The molecule has 1 aliphatic heterocycles. The smallest absolute Gasteiger partial charge is 0.318 e. The van der Waals surface area contributed by atoms with Crippen molar-refractivity contribution < 1.29 is 9.53 Å². The molecule has 0 bridgehead atoms. The first-order chi connectivity index (χ1) is 19.0. The minimum Gasteiger partial charge on any atom is -0.497 e. The Labute approximate surface area is 232 Å². The molecule has 1 aliphatic rings. The van der Waals surface area contributed by atoms with Gasteiger partial charge in [0.25, 0.3) is 0 Å². The summed E-state index contributed by atoms with van der Waals surface area (Å²) in [6.45, 7) is 2.73. The summed E-state index contributed by atoms with van der Waals surface area (Å²) in [7, 11) is 1.63. The summed E-state index contributed by atoms with van der Waals surface area (Å²) in [5, 5.41) is 8.66. The number of urea groups is 1. The second kappa shape index (κ2) is 10.3. The summed E-state index contributed by atoms with van der Waals surface area (Å²) in [6, 6.07) is 29.0. The topological polar surface area (TPSA) is 64.3 Å². The van der Waals surface area contributed by atoms with E-state index >= 15 is 0 Å². The number of rotatable bonds is 5. The number of amides is 2. The van der Waals surface area contributed by atoms with Crippen molar-refractivity contribution in [2.45, 2.75) is 26.1 Å². The lowest BCUT2D eigenvalue weighted by Crippen LogP contribution is -2.41. The van der Waals surface area contributed by atoms with Crippen molar-refractivity contribution in [1.29, 1.82) is 0 Å². The quantitative estimate of drug-likeness (QED) is 0.280.